The number of H-pyrrole nitrogens is 1. The van der Waals surface area contributed by atoms with E-state index in [1.165, 1.54) is 0 Å². The van der Waals surface area contributed by atoms with Gasteiger partial charge in [0.15, 0.2) is 5.82 Å². The molecule has 7 heteroatoms. The number of nitrogens with zero attached hydrogens (tertiary/aromatic N) is 4. The van der Waals surface area contributed by atoms with Crippen molar-refractivity contribution in [3.63, 3.8) is 0 Å². The van der Waals surface area contributed by atoms with E-state index in [4.69, 9.17) is 5.73 Å². The van der Waals surface area contributed by atoms with Crippen LogP contribution in [0.5, 0.6) is 0 Å². The summed E-state index contributed by atoms with van der Waals surface area (Å²) in [6.45, 7) is 1.91. The molecule has 0 saturated carbocycles. The molecule has 0 aliphatic carbocycles. The van der Waals surface area contributed by atoms with Crippen LogP contribution < -0.4 is 11.1 Å². The summed E-state index contributed by atoms with van der Waals surface area (Å²) in [5.74, 6) is 1.03. The molecule has 0 spiro atoms. The van der Waals surface area contributed by atoms with Crippen molar-refractivity contribution < 1.29 is 0 Å². The van der Waals surface area contributed by atoms with E-state index in [0.717, 1.165) is 5.69 Å². The number of anilines is 2. The molecule has 78 valence electrons. The first-order valence-corrected chi connectivity index (χ1v) is 4.47. The first-order chi connectivity index (χ1) is 7.27. The highest BCUT2D eigenvalue weighted by Gasteiger charge is 2.10. The summed E-state index contributed by atoms with van der Waals surface area (Å²) in [7, 11) is 0. The molecule has 1 atom stereocenters. The molecule has 0 amide bonds. The number of aromatic amines is 1. The Kier molecular flexibility index (Phi) is 2.44. The average molecular weight is 205 g/mol. The maximum absolute atomic E-state index is 5.68. The van der Waals surface area contributed by atoms with Crippen LogP contribution in [0.3, 0.4) is 0 Å². The van der Waals surface area contributed by atoms with Gasteiger partial charge in [-0.15, -0.1) is 10.2 Å². The third-order valence-corrected chi connectivity index (χ3v) is 1.96. The molecular formula is C8H11N7. The lowest BCUT2D eigenvalue weighted by Gasteiger charge is -2.12. The topological polar surface area (TPSA) is 105 Å². The second-order valence-corrected chi connectivity index (χ2v) is 3.07. The van der Waals surface area contributed by atoms with Crippen molar-refractivity contribution in [2.45, 2.75) is 13.0 Å². The van der Waals surface area contributed by atoms with Crippen LogP contribution in [0, 0.1) is 0 Å². The van der Waals surface area contributed by atoms with Crippen LogP contribution >= 0.6 is 0 Å². The number of hydrogen-bond acceptors (Lipinski definition) is 6. The molecule has 0 saturated heterocycles. The molecule has 0 fully saturated rings. The van der Waals surface area contributed by atoms with Crippen LogP contribution in [0.4, 0.5) is 11.5 Å². The van der Waals surface area contributed by atoms with E-state index in [2.05, 4.69) is 30.9 Å². The Bertz CT molecular complexity index is 424. The maximum atomic E-state index is 5.68. The Balaban J connectivity index is 2.13. The normalized spacial score (nSPS) is 12.3. The van der Waals surface area contributed by atoms with E-state index >= 15 is 0 Å². The van der Waals surface area contributed by atoms with Crippen molar-refractivity contribution in [3.05, 3.63) is 24.2 Å². The Morgan fingerprint density at radius 2 is 2.40 bits per heavy atom. The average Bonchev–Trinajstić information content (AvgIpc) is 2.74. The molecule has 0 aliphatic rings. The van der Waals surface area contributed by atoms with Crippen LogP contribution in [-0.4, -0.2) is 25.6 Å². The number of pyridine rings is 1. The zero-order chi connectivity index (χ0) is 10.7. The van der Waals surface area contributed by atoms with Crippen LogP contribution in [0.25, 0.3) is 0 Å². The standard InChI is InChI=1S/C8H11N7/c1-5(8-12-14-15-13-8)11-6-3-2-4-10-7(6)9/h2-5,11H,1H3,(H2,9,10)(H,12,13,14,15). The van der Waals surface area contributed by atoms with Gasteiger partial charge in [-0.2, -0.15) is 5.21 Å². The summed E-state index contributed by atoms with van der Waals surface area (Å²) in [5, 5.41) is 16.8. The van der Waals surface area contributed by atoms with Gasteiger partial charge in [0.25, 0.3) is 0 Å². The van der Waals surface area contributed by atoms with Gasteiger partial charge in [0, 0.05) is 6.20 Å². The van der Waals surface area contributed by atoms with Gasteiger partial charge in [-0.3, -0.25) is 0 Å². The van der Waals surface area contributed by atoms with Crippen molar-refractivity contribution in [2.75, 3.05) is 11.1 Å². The Labute approximate surface area is 86.1 Å². The molecular weight excluding hydrogens is 194 g/mol. The van der Waals surface area contributed by atoms with E-state index in [1.807, 2.05) is 19.1 Å². The molecule has 0 bridgehead atoms. The molecule has 2 aromatic rings. The molecule has 0 aliphatic heterocycles. The molecule has 15 heavy (non-hydrogen) atoms. The van der Waals surface area contributed by atoms with Gasteiger partial charge in [-0.25, -0.2) is 4.98 Å². The molecule has 2 heterocycles. The largest absolute Gasteiger partial charge is 0.382 e. The number of aromatic nitrogens is 5. The Morgan fingerprint density at radius 3 is 3.07 bits per heavy atom. The van der Waals surface area contributed by atoms with Crippen molar-refractivity contribution in [1.29, 1.82) is 0 Å². The zero-order valence-corrected chi connectivity index (χ0v) is 8.18. The van der Waals surface area contributed by atoms with Gasteiger partial charge >= 0.3 is 0 Å². The predicted octanol–water partition coefficient (Wildman–Crippen LogP) is 0.350. The fourth-order valence-corrected chi connectivity index (χ4v) is 1.19. The lowest BCUT2D eigenvalue weighted by Crippen LogP contribution is -2.10. The second kappa shape index (κ2) is 3.91. The van der Waals surface area contributed by atoms with E-state index in [0.29, 0.717) is 11.6 Å². The minimum atomic E-state index is -0.0738. The third kappa shape index (κ3) is 2.01. The highest BCUT2D eigenvalue weighted by atomic mass is 15.5. The maximum Gasteiger partial charge on any atom is 0.196 e. The molecule has 0 aromatic carbocycles. The fraction of sp³-hybridized carbons (Fsp3) is 0.250. The van der Waals surface area contributed by atoms with Crippen molar-refractivity contribution in [1.82, 2.24) is 25.6 Å². The lowest BCUT2D eigenvalue weighted by molar-refractivity contribution is 0.793. The summed E-state index contributed by atoms with van der Waals surface area (Å²) < 4.78 is 0. The first kappa shape index (κ1) is 9.38. The van der Waals surface area contributed by atoms with Crippen molar-refractivity contribution >= 4 is 11.5 Å². The van der Waals surface area contributed by atoms with Gasteiger partial charge in [0.2, 0.25) is 0 Å². The van der Waals surface area contributed by atoms with Gasteiger partial charge in [-0.1, -0.05) is 5.21 Å². The minimum absolute atomic E-state index is 0.0738. The van der Waals surface area contributed by atoms with E-state index in [9.17, 15) is 0 Å². The molecule has 7 nitrogen and oxygen atoms in total. The van der Waals surface area contributed by atoms with Gasteiger partial charge in [0.1, 0.15) is 5.82 Å². The first-order valence-electron chi connectivity index (χ1n) is 4.47. The Hall–Kier alpha value is -2.18. The highest BCUT2D eigenvalue weighted by Crippen LogP contribution is 2.19. The smallest absolute Gasteiger partial charge is 0.196 e. The molecule has 1 unspecified atom stereocenters. The highest BCUT2D eigenvalue weighted by molar-refractivity contribution is 5.61. The number of tetrazole rings is 1. The van der Waals surface area contributed by atoms with Crippen LogP contribution in [-0.2, 0) is 0 Å². The fourth-order valence-electron chi connectivity index (χ4n) is 1.19. The molecule has 0 radical (unpaired) electrons. The molecule has 4 N–H and O–H groups in total. The van der Waals surface area contributed by atoms with Gasteiger partial charge < -0.3 is 11.1 Å². The van der Waals surface area contributed by atoms with E-state index in [1.54, 1.807) is 6.20 Å². The molecule has 2 aromatic heterocycles. The third-order valence-electron chi connectivity index (χ3n) is 1.96. The number of nitrogen functional groups attached to an aromatic ring is 1. The number of nitrogens with one attached hydrogen (secondary N) is 2. The number of rotatable bonds is 3. The van der Waals surface area contributed by atoms with Crippen molar-refractivity contribution in [2.24, 2.45) is 0 Å². The van der Waals surface area contributed by atoms with E-state index < -0.39 is 0 Å². The monoisotopic (exact) mass is 205 g/mol. The number of nitrogens with two attached hydrogens (primary N) is 1. The van der Waals surface area contributed by atoms with Crippen molar-refractivity contribution in [3.8, 4) is 0 Å². The number of hydrogen-bond donors (Lipinski definition) is 3. The van der Waals surface area contributed by atoms with Crippen LogP contribution in [0.2, 0.25) is 0 Å². The Morgan fingerprint density at radius 1 is 1.53 bits per heavy atom. The lowest BCUT2D eigenvalue weighted by atomic mass is 10.3. The summed E-state index contributed by atoms with van der Waals surface area (Å²) in [4.78, 5) is 3.96. The summed E-state index contributed by atoms with van der Waals surface area (Å²) in [6.07, 6.45) is 1.64. The minimum Gasteiger partial charge on any atom is -0.382 e. The summed E-state index contributed by atoms with van der Waals surface area (Å²) in [6, 6.07) is 3.58. The second-order valence-electron chi connectivity index (χ2n) is 3.07. The van der Waals surface area contributed by atoms with Gasteiger partial charge in [-0.05, 0) is 19.1 Å². The quantitative estimate of drug-likeness (QED) is 0.667. The predicted molar refractivity (Wildman–Crippen MR) is 54.9 cm³/mol. The zero-order valence-electron chi connectivity index (χ0n) is 8.18. The van der Waals surface area contributed by atoms with Crippen LogP contribution in [0.15, 0.2) is 18.3 Å². The summed E-state index contributed by atoms with van der Waals surface area (Å²) >= 11 is 0. The SMILES string of the molecule is CC(Nc1cccnc1N)c1nn[nH]n1. The van der Waals surface area contributed by atoms with Gasteiger partial charge in [0.05, 0.1) is 11.7 Å². The van der Waals surface area contributed by atoms with Crippen LogP contribution in [0.1, 0.15) is 18.8 Å². The van der Waals surface area contributed by atoms with E-state index in [-0.39, 0.29) is 6.04 Å². The summed E-state index contributed by atoms with van der Waals surface area (Å²) in [5.41, 5.74) is 6.44. The molecule has 2 rings (SSSR count).